The van der Waals surface area contributed by atoms with Crippen molar-refractivity contribution in [1.29, 1.82) is 0 Å². The average Bonchev–Trinajstić information content (AvgIpc) is 3.17. The smallest absolute Gasteiger partial charge is 0.236 e. The number of amides is 1. The number of fused-ring (bicyclic) bond motifs is 1. The molecule has 1 amide bonds. The molecule has 1 aromatic carbocycles. The summed E-state index contributed by atoms with van der Waals surface area (Å²) >= 11 is 0. The second kappa shape index (κ2) is 9.05. The maximum absolute atomic E-state index is 12.6. The fraction of sp³-hybridized carbons (Fsp3) is 0.409. The monoisotopic (exact) mass is 392 g/mol. The Morgan fingerprint density at radius 3 is 2.62 bits per heavy atom. The number of carbonyl (C=O) groups excluding carboxylic acids is 1. The summed E-state index contributed by atoms with van der Waals surface area (Å²) in [6.07, 6.45) is 5.39. The minimum atomic E-state index is 0.187. The maximum Gasteiger partial charge on any atom is 0.236 e. The summed E-state index contributed by atoms with van der Waals surface area (Å²) in [5, 5.41) is 0. The van der Waals surface area contributed by atoms with E-state index in [1.807, 2.05) is 60.7 Å². The molecule has 1 aliphatic heterocycles. The van der Waals surface area contributed by atoms with E-state index >= 15 is 0 Å². The third-order valence-corrected chi connectivity index (χ3v) is 5.53. The van der Waals surface area contributed by atoms with E-state index in [-0.39, 0.29) is 5.91 Å². The first-order chi connectivity index (χ1) is 14.2. The largest absolute Gasteiger partial charge is 0.369 e. The van der Waals surface area contributed by atoms with Gasteiger partial charge in [0.15, 0.2) is 0 Å². The molecule has 7 heteroatoms. The zero-order valence-electron chi connectivity index (χ0n) is 16.9. The van der Waals surface area contributed by atoms with Crippen molar-refractivity contribution in [2.24, 2.45) is 0 Å². The summed E-state index contributed by atoms with van der Waals surface area (Å²) in [7, 11) is 1.90. The van der Waals surface area contributed by atoms with Crippen LogP contribution in [-0.2, 0) is 11.2 Å². The van der Waals surface area contributed by atoms with Crippen molar-refractivity contribution in [3.05, 3.63) is 54.6 Å². The van der Waals surface area contributed by atoms with Crippen LogP contribution >= 0.6 is 0 Å². The van der Waals surface area contributed by atoms with E-state index in [4.69, 9.17) is 0 Å². The standard InChI is InChI=1S/C22H28N6O/c1-26(12-4-7-21-24-19-5-2-3-6-20(19)25-21)22(29)17-27-13-15-28(16-14-27)18-8-10-23-11-9-18/h2-3,5-6,8-11H,4,7,12-17H2,1H3,(H,24,25). The number of piperazine rings is 1. The highest BCUT2D eigenvalue weighted by Crippen LogP contribution is 2.15. The van der Waals surface area contributed by atoms with Gasteiger partial charge >= 0.3 is 0 Å². The number of hydrogen-bond acceptors (Lipinski definition) is 5. The number of rotatable bonds is 7. The predicted octanol–water partition coefficient (Wildman–Crippen LogP) is 2.17. The van der Waals surface area contributed by atoms with Gasteiger partial charge in [-0.1, -0.05) is 12.1 Å². The van der Waals surface area contributed by atoms with Gasteiger partial charge in [-0.3, -0.25) is 14.7 Å². The number of nitrogens with one attached hydrogen (secondary N) is 1. The highest BCUT2D eigenvalue weighted by atomic mass is 16.2. The average molecular weight is 393 g/mol. The Bertz CT molecular complexity index is 900. The van der Waals surface area contributed by atoms with Gasteiger partial charge in [-0.15, -0.1) is 0 Å². The second-order valence-corrected chi connectivity index (χ2v) is 7.59. The van der Waals surface area contributed by atoms with Gasteiger partial charge in [-0.2, -0.15) is 0 Å². The van der Waals surface area contributed by atoms with Crippen LogP contribution in [0.15, 0.2) is 48.8 Å². The molecular weight excluding hydrogens is 364 g/mol. The van der Waals surface area contributed by atoms with Gasteiger partial charge < -0.3 is 14.8 Å². The SMILES string of the molecule is CN(CCCc1nc2ccccc2[nH]1)C(=O)CN1CCN(c2ccncc2)CC1. The van der Waals surface area contributed by atoms with Crippen molar-refractivity contribution in [1.82, 2.24) is 24.8 Å². The minimum absolute atomic E-state index is 0.187. The molecule has 0 saturated carbocycles. The molecular formula is C22H28N6O. The molecule has 0 spiro atoms. The number of hydrogen-bond donors (Lipinski definition) is 1. The van der Waals surface area contributed by atoms with E-state index in [1.165, 1.54) is 5.69 Å². The highest BCUT2D eigenvalue weighted by Gasteiger charge is 2.20. The van der Waals surface area contributed by atoms with Crippen LogP contribution in [0.3, 0.4) is 0 Å². The highest BCUT2D eigenvalue weighted by molar-refractivity contribution is 5.78. The van der Waals surface area contributed by atoms with Crippen LogP contribution in [0.25, 0.3) is 11.0 Å². The van der Waals surface area contributed by atoms with Crippen molar-refractivity contribution < 1.29 is 4.79 Å². The van der Waals surface area contributed by atoms with E-state index in [2.05, 4.69) is 24.8 Å². The summed E-state index contributed by atoms with van der Waals surface area (Å²) in [4.78, 5) is 31.1. The van der Waals surface area contributed by atoms with Gasteiger partial charge in [0.2, 0.25) is 5.91 Å². The number of H-pyrrole nitrogens is 1. The third-order valence-electron chi connectivity index (χ3n) is 5.53. The van der Waals surface area contributed by atoms with E-state index < -0.39 is 0 Å². The number of para-hydroxylation sites is 2. The number of carbonyl (C=O) groups is 1. The van der Waals surface area contributed by atoms with Crippen molar-refractivity contribution in [3.63, 3.8) is 0 Å². The Labute approximate surface area is 171 Å². The second-order valence-electron chi connectivity index (χ2n) is 7.59. The molecule has 0 atom stereocenters. The summed E-state index contributed by atoms with van der Waals surface area (Å²) in [6, 6.07) is 12.1. The first-order valence-electron chi connectivity index (χ1n) is 10.2. The molecule has 7 nitrogen and oxygen atoms in total. The summed E-state index contributed by atoms with van der Waals surface area (Å²) in [5.74, 6) is 1.17. The number of pyridine rings is 1. The topological polar surface area (TPSA) is 68.4 Å². The molecule has 1 aliphatic rings. The molecule has 3 aromatic rings. The minimum Gasteiger partial charge on any atom is -0.369 e. The van der Waals surface area contributed by atoms with Gasteiger partial charge in [-0.05, 0) is 30.7 Å². The lowest BCUT2D eigenvalue weighted by molar-refractivity contribution is -0.131. The third kappa shape index (κ3) is 4.92. The first kappa shape index (κ1) is 19.4. The van der Waals surface area contributed by atoms with Crippen molar-refractivity contribution in [3.8, 4) is 0 Å². The van der Waals surface area contributed by atoms with E-state index in [9.17, 15) is 4.79 Å². The van der Waals surface area contributed by atoms with Crippen LogP contribution < -0.4 is 4.90 Å². The van der Waals surface area contributed by atoms with Crippen LogP contribution in [-0.4, -0.2) is 77.0 Å². The maximum atomic E-state index is 12.6. The van der Waals surface area contributed by atoms with Crippen molar-refractivity contribution in [2.75, 3.05) is 51.2 Å². The lowest BCUT2D eigenvalue weighted by atomic mass is 10.2. The molecule has 1 fully saturated rings. The van der Waals surface area contributed by atoms with Crippen LogP contribution in [0.5, 0.6) is 0 Å². The van der Waals surface area contributed by atoms with Crippen LogP contribution in [0.1, 0.15) is 12.2 Å². The molecule has 3 heterocycles. The predicted molar refractivity (Wildman–Crippen MR) is 115 cm³/mol. The Kier molecular flexibility index (Phi) is 6.05. The van der Waals surface area contributed by atoms with Crippen molar-refractivity contribution >= 4 is 22.6 Å². The molecule has 4 rings (SSSR count). The van der Waals surface area contributed by atoms with Crippen LogP contribution in [0.4, 0.5) is 5.69 Å². The van der Waals surface area contributed by atoms with Crippen molar-refractivity contribution in [2.45, 2.75) is 12.8 Å². The number of imidazole rings is 1. The molecule has 152 valence electrons. The number of likely N-dealkylation sites (N-methyl/N-ethyl adjacent to an activating group) is 1. The van der Waals surface area contributed by atoms with Gasteiger partial charge in [0.05, 0.1) is 17.6 Å². The molecule has 0 bridgehead atoms. The number of aromatic amines is 1. The number of nitrogens with zero attached hydrogens (tertiary/aromatic N) is 5. The first-order valence-corrected chi connectivity index (χ1v) is 10.2. The zero-order valence-corrected chi connectivity index (χ0v) is 16.9. The quantitative estimate of drug-likeness (QED) is 0.667. The molecule has 1 N–H and O–H groups in total. The number of aryl methyl sites for hydroxylation is 1. The normalized spacial score (nSPS) is 15.0. The molecule has 29 heavy (non-hydrogen) atoms. The summed E-state index contributed by atoms with van der Waals surface area (Å²) < 4.78 is 0. The Morgan fingerprint density at radius 1 is 1.10 bits per heavy atom. The fourth-order valence-corrected chi connectivity index (χ4v) is 3.76. The van der Waals surface area contributed by atoms with Gasteiger partial charge in [-0.25, -0.2) is 4.98 Å². The molecule has 0 radical (unpaired) electrons. The van der Waals surface area contributed by atoms with E-state index in [1.54, 1.807) is 0 Å². The molecule has 0 unspecified atom stereocenters. The number of anilines is 1. The Morgan fingerprint density at radius 2 is 1.86 bits per heavy atom. The Hall–Kier alpha value is -2.93. The number of aromatic nitrogens is 3. The zero-order chi connectivity index (χ0) is 20.1. The molecule has 1 saturated heterocycles. The fourth-order valence-electron chi connectivity index (χ4n) is 3.76. The molecule has 0 aliphatic carbocycles. The number of benzene rings is 1. The van der Waals surface area contributed by atoms with Gasteiger partial charge in [0, 0.05) is 64.3 Å². The van der Waals surface area contributed by atoms with E-state index in [0.29, 0.717) is 6.54 Å². The molecule has 2 aromatic heterocycles. The summed E-state index contributed by atoms with van der Waals surface area (Å²) in [5.41, 5.74) is 3.27. The Balaban J connectivity index is 1.19. The van der Waals surface area contributed by atoms with Gasteiger partial charge in [0.1, 0.15) is 5.82 Å². The summed E-state index contributed by atoms with van der Waals surface area (Å²) in [6.45, 7) is 4.92. The van der Waals surface area contributed by atoms with Crippen LogP contribution in [0.2, 0.25) is 0 Å². The van der Waals surface area contributed by atoms with E-state index in [0.717, 1.165) is 62.4 Å². The lowest BCUT2D eigenvalue weighted by Gasteiger charge is -2.36. The van der Waals surface area contributed by atoms with Gasteiger partial charge in [0.25, 0.3) is 0 Å². The van der Waals surface area contributed by atoms with Crippen LogP contribution in [0, 0.1) is 0 Å². The lowest BCUT2D eigenvalue weighted by Crippen LogP contribution is -2.49.